The van der Waals surface area contributed by atoms with Crippen molar-refractivity contribution in [2.24, 2.45) is 0 Å². The molecule has 1 heterocycles. The number of ketones is 1. The molecule has 0 atom stereocenters. The van der Waals surface area contributed by atoms with E-state index in [9.17, 15) is 14.4 Å². The van der Waals surface area contributed by atoms with Crippen LogP contribution in [0.4, 0.5) is 5.69 Å². The Hall–Kier alpha value is -3.21. The van der Waals surface area contributed by atoms with Gasteiger partial charge in [0.15, 0.2) is 5.78 Å². The predicted molar refractivity (Wildman–Crippen MR) is 86.9 cm³/mol. The van der Waals surface area contributed by atoms with Gasteiger partial charge in [0.2, 0.25) is 5.43 Å². The molecule has 0 bridgehead atoms. The zero-order valence-corrected chi connectivity index (χ0v) is 12.3. The summed E-state index contributed by atoms with van der Waals surface area (Å²) in [7, 11) is 0. The number of amides is 1. The summed E-state index contributed by atoms with van der Waals surface area (Å²) >= 11 is 0. The summed E-state index contributed by atoms with van der Waals surface area (Å²) in [4.78, 5) is 36.0. The highest BCUT2D eigenvalue weighted by atomic mass is 16.3. The highest BCUT2D eigenvalue weighted by Gasteiger charge is 2.14. The molecule has 1 N–H and O–H groups in total. The first kappa shape index (κ1) is 14.7. The van der Waals surface area contributed by atoms with Gasteiger partial charge in [0.25, 0.3) is 5.91 Å². The SMILES string of the molecule is CC(=O)c1cccc(NC(=O)c2coc3ccccc3c2=O)c1. The lowest BCUT2D eigenvalue weighted by Crippen LogP contribution is -2.21. The second kappa shape index (κ2) is 5.88. The number of carbonyl (C=O) groups excluding carboxylic acids is 2. The Labute approximate surface area is 131 Å². The van der Waals surface area contributed by atoms with Crippen molar-refractivity contribution < 1.29 is 14.0 Å². The van der Waals surface area contributed by atoms with E-state index >= 15 is 0 Å². The van der Waals surface area contributed by atoms with Crippen LogP contribution in [0.3, 0.4) is 0 Å². The lowest BCUT2D eigenvalue weighted by molar-refractivity contribution is 0.101. The van der Waals surface area contributed by atoms with E-state index in [1.165, 1.54) is 6.92 Å². The molecule has 3 rings (SSSR count). The van der Waals surface area contributed by atoms with Gasteiger partial charge in [0, 0.05) is 11.3 Å². The molecule has 0 unspecified atom stereocenters. The van der Waals surface area contributed by atoms with E-state index in [2.05, 4.69) is 5.32 Å². The molecule has 114 valence electrons. The summed E-state index contributed by atoms with van der Waals surface area (Å²) in [5.41, 5.74) is 0.861. The van der Waals surface area contributed by atoms with Crippen LogP contribution in [0, 0.1) is 0 Å². The van der Waals surface area contributed by atoms with Crippen molar-refractivity contribution in [3.05, 3.63) is 76.1 Å². The molecule has 0 saturated carbocycles. The first-order valence-corrected chi connectivity index (χ1v) is 6.99. The zero-order valence-electron chi connectivity index (χ0n) is 12.3. The van der Waals surface area contributed by atoms with Crippen LogP contribution in [-0.4, -0.2) is 11.7 Å². The molecular formula is C18H13NO4. The fourth-order valence-electron chi connectivity index (χ4n) is 2.25. The number of hydrogen-bond donors (Lipinski definition) is 1. The summed E-state index contributed by atoms with van der Waals surface area (Å²) in [5.74, 6) is -0.684. The molecular weight excluding hydrogens is 294 g/mol. The second-order valence-corrected chi connectivity index (χ2v) is 5.07. The molecule has 23 heavy (non-hydrogen) atoms. The minimum absolute atomic E-state index is 0.0862. The van der Waals surface area contributed by atoms with Crippen LogP contribution in [0.15, 0.2) is 64.0 Å². The van der Waals surface area contributed by atoms with E-state index in [1.54, 1.807) is 48.5 Å². The van der Waals surface area contributed by atoms with Gasteiger partial charge in [-0.25, -0.2) is 0 Å². The molecule has 0 aliphatic heterocycles. The molecule has 0 aliphatic carbocycles. The molecule has 5 nitrogen and oxygen atoms in total. The minimum Gasteiger partial charge on any atom is -0.463 e. The molecule has 0 saturated heterocycles. The third-order valence-corrected chi connectivity index (χ3v) is 3.45. The molecule has 2 aromatic carbocycles. The summed E-state index contributed by atoms with van der Waals surface area (Å²) in [5, 5.41) is 2.95. The lowest BCUT2D eigenvalue weighted by Gasteiger charge is -2.06. The highest BCUT2D eigenvalue weighted by Crippen LogP contribution is 2.14. The number of benzene rings is 2. The molecule has 0 fully saturated rings. The van der Waals surface area contributed by atoms with E-state index in [4.69, 9.17) is 4.42 Å². The van der Waals surface area contributed by atoms with E-state index in [1.807, 2.05) is 0 Å². The maximum Gasteiger partial charge on any atom is 0.262 e. The van der Waals surface area contributed by atoms with Crippen LogP contribution in [0.5, 0.6) is 0 Å². The third kappa shape index (κ3) is 2.89. The first-order valence-electron chi connectivity index (χ1n) is 6.99. The van der Waals surface area contributed by atoms with Crippen LogP contribution < -0.4 is 10.7 Å². The molecule has 0 spiro atoms. The molecule has 1 amide bonds. The number of Topliss-reactive ketones (excluding diaryl/α,β-unsaturated/α-hetero) is 1. The summed E-state index contributed by atoms with van der Waals surface area (Å²) < 4.78 is 5.33. The molecule has 0 aliphatic rings. The standard InChI is InChI=1S/C18H13NO4/c1-11(20)12-5-4-6-13(9-12)19-18(22)15-10-23-16-8-3-2-7-14(16)17(15)21/h2-10H,1H3,(H,19,22). The Balaban J connectivity index is 1.95. The van der Waals surface area contributed by atoms with Crippen molar-refractivity contribution in [2.45, 2.75) is 6.92 Å². The van der Waals surface area contributed by atoms with Crippen molar-refractivity contribution in [3.8, 4) is 0 Å². The van der Waals surface area contributed by atoms with Crippen molar-refractivity contribution in [1.29, 1.82) is 0 Å². The normalized spacial score (nSPS) is 10.5. The lowest BCUT2D eigenvalue weighted by atomic mass is 10.1. The van der Waals surface area contributed by atoms with Gasteiger partial charge in [0.1, 0.15) is 17.4 Å². The van der Waals surface area contributed by atoms with Crippen LogP contribution in [0.1, 0.15) is 27.6 Å². The van der Waals surface area contributed by atoms with Gasteiger partial charge in [-0.3, -0.25) is 14.4 Å². The summed E-state index contributed by atoms with van der Waals surface area (Å²) in [6, 6.07) is 13.2. The van der Waals surface area contributed by atoms with E-state index in [-0.39, 0.29) is 11.3 Å². The molecule has 0 radical (unpaired) electrons. The van der Waals surface area contributed by atoms with Crippen molar-refractivity contribution >= 4 is 28.3 Å². The number of nitrogens with one attached hydrogen (secondary N) is 1. The Morgan fingerprint density at radius 2 is 1.83 bits per heavy atom. The maximum absolute atomic E-state index is 12.4. The smallest absolute Gasteiger partial charge is 0.262 e. The van der Waals surface area contributed by atoms with Crippen molar-refractivity contribution in [3.63, 3.8) is 0 Å². The summed E-state index contributed by atoms with van der Waals surface area (Å²) in [6.07, 6.45) is 1.15. The molecule has 5 heteroatoms. The molecule has 3 aromatic rings. The fraction of sp³-hybridized carbons (Fsp3) is 0.0556. The average Bonchev–Trinajstić information content (AvgIpc) is 2.55. The Bertz CT molecular complexity index is 972. The van der Waals surface area contributed by atoms with Gasteiger partial charge in [-0.2, -0.15) is 0 Å². The predicted octanol–water partition coefficient (Wildman–Crippen LogP) is 3.25. The topological polar surface area (TPSA) is 76.4 Å². The number of fused-ring (bicyclic) bond motifs is 1. The van der Waals surface area contributed by atoms with Crippen LogP contribution in [0.25, 0.3) is 11.0 Å². The maximum atomic E-state index is 12.4. The fourth-order valence-corrected chi connectivity index (χ4v) is 2.25. The van der Waals surface area contributed by atoms with Gasteiger partial charge in [-0.1, -0.05) is 24.3 Å². The third-order valence-electron chi connectivity index (χ3n) is 3.45. The quantitative estimate of drug-likeness (QED) is 0.754. The van der Waals surface area contributed by atoms with E-state index in [0.717, 1.165) is 6.26 Å². The highest BCUT2D eigenvalue weighted by molar-refractivity contribution is 6.06. The van der Waals surface area contributed by atoms with E-state index < -0.39 is 11.3 Å². The Kier molecular flexibility index (Phi) is 3.76. The minimum atomic E-state index is -0.579. The Morgan fingerprint density at radius 1 is 1.04 bits per heavy atom. The summed E-state index contributed by atoms with van der Waals surface area (Å²) in [6.45, 7) is 1.44. The monoisotopic (exact) mass is 307 g/mol. The second-order valence-electron chi connectivity index (χ2n) is 5.07. The van der Waals surface area contributed by atoms with Crippen LogP contribution >= 0.6 is 0 Å². The number of carbonyl (C=O) groups is 2. The number of rotatable bonds is 3. The van der Waals surface area contributed by atoms with Crippen LogP contribution in [-0.2, 0) is 0 Å². The molecule has 1 aromatic heterocycles. The van der Waals surface area contributed by atoms with Gasteiger partial charge < -0.3 is 9.73 Å². The van der Waals surface area contributed by atoms with Gasteiger partial charge in [-0.05, 0) is 31.2 Å². The number of para-hydroxylation sites is 1. The number of hydrogen-bond acceptors (Lipinski definition) is 4. The zero-order chi connectivity index (χ0) is 16.4. The van der Waals surface area contributed by atoms with Gasteiger partial charge in [-0.15, -0.1) is 0 Å². The average molecular weight is 307 g/mol. The van der Waals surface area contributed by atoms with Crippen LogP contribution in [0.2, 0.25) is 0 Å². The van der Waals surface area contributed by atoms with Gasteiger partial charge in [0.05, 0.1) is 5.39 Å². The van der Waals surface area contributed by atoms with Crippen molar-refractivity contribution in [2.75, 3.05) is 5.32 Å². The first-order chi connectivity index (χ1) is 11.1. The van der Waals surface area contributed by atoms with E-state index in [0.29, 0.717) is 22.2 Å². The Morgan fingerprint density at radius 3 is 2.61 bits per heavy atom. The number of anilines is 1. The van der Waals surface area contributed by atoms with Gasteiger partial charge >= 0.3 is 0 Å². The van der Waals surface area contributed by atoms with Crippen molar-refractivity contribution in [1.82, 2.24) is 0 Å². The largest absolute Gasteiger partial charge is 0.463 e.